The van der Waals surface area contributed by atoms with Gasteiger partial charge in [-0.1, -0.05) is 6.07 Å². The third-order valence-electron chi connectivity index (χ3n) is 1.60. The molecule has 0 aliphatic heterocycles. The largest absolute Gasteiger partial charge is 0.326 e. The molecule has 0 aliphatic rings. The lowest BCUT2D eigenvalue weighted by Gasteiger charge is -2.17. The molecule has 0 bridgehead atoms. The van der Waals surface area contributed by atoms with Crippen molar-refractivity contribution in [1.29, 1.82) is 0 Å². The minimum absolute atomic E-state index is 0.0238. The van der Waals surface area contributed by atoms with Crippen LogP contribution in [0, 0.1) is 0 Å². The van der Waals surface area contributed by atoms with Crippen molar-refractivity contribution in [2.24, 2.45) is 5.73 Å². The van der Waals surface area contributed by atoms with E-state index in [1.165, 1.54) is 4.88 Å². The van der Waals surface area contributed by atoms with Crippen LogP contribution < -0.4 is 5.73 Å². The summed E-state index contributed by atoms with van der Waals surface area (Å²) >= 11 is 1.81. The van der Waals surface area contributed by atoms with Crippen LogP contribution in [0.2, 0.25) is 0 Å². The van der Waals surface area contributed by atoms with Gasteiger partial charge < -0.3 is 5.73 Å². The Hall–Kier alpha value is -0.340. The summed E-state index contributed by atoms with van der Waals surface area (Å²) in [6.07, 6.45) is 2.18. The molecule has 0 spiro atoms. The predicted octanol–water partition coefficient (Wildman–Crippen LogP) is 2.42. The maximum absolute atomic E-state index is 5.86. The van der Waals surface area contributed by atoms with Crippen molar-refractivity contribution in [3.8, 4) is 0 Å². The normalized spacial score (nSPS) is 11.9. The zero-order chi connectivity index (χ0) is 8.32. The van der Waals surface area contributed by atoms with Gasteiger partial charge >= 0.3 is 0 Å². The quantitative estimate of drug-likeness (QED) is 0.739. The van der Waals surface area contributed by atoms with E-state index in [1.54, 1.807) is 0 Å². The second-order valence-corrected chi connectivity index (χ2v) is 4.60. The SMILES string of the molecule is CC(C)(N)CCc1cccs1. The summed E-state index contributed by atoms with van der Waals surface area (Å²) in [6, 6.07) is 4.25. The summed E-state index contributed by atoms with van der Waals surface area (Å²) in [7, 11) is 0. The molecule has 62 valence electrons. The highest BCUT2D eigenvalue weighted by Gasteiger charge is 2.09. The summed E-state index contributed by atoms with van der Waals surface area (Å²) < 4.78 is 0. The van der Waals surface area contributed by atoms with Crippen LogP contribution in [-0.2, 0) is 6.42 Å². The molecule has 0 radical (unpaired) electrons. The average molecular weight is 169 g/mol. The Balaban J connectivity index is 2.35. The molecule has 0 amide bonds. The number of hydrogen-bond donors (Lipinski definition) is 1. The maximum atomic E-state index is 5.86. The minimum atomic E-state index is -0.0238. The van der Waals surface area contributed by atoms with Crippen LogP contribution in [0.25, 0.3) is 0 Å². The fourth-order valence-corrected chi connectivity index (χ4v) is 1.61. The molecular formula is C9H15NS. The van der Waals surface area contributed by atoms with Crippen LogP contribution in [0.5, 0.6) is 0 Å². The highest BCUT2D eigenvalue weighted by atomic mass is 32.1. The van der Waals surface area contributed by atoms with E-state index in [0.717, 1.165) is 12.8 Å². The summed E-state index contributed by atoms with van der Waals surface area (Å²) in [5.74, 6) is 0. The molecule has 0 aliphatic carbocycles. The van der Waals surface area contributed by atoms with Gasteiger partial charge in [-0.2, -0.15) is 0 Å². The fraction of sp³-hybridized carbons (Fsp3) is 0.556. The molecule has 1 heterocycles. The molecular weight excluding hydrogens is 154 g/mol. The second-order valence-electron chi connectivity index (χ2n) is 3.57. The lowest BCUT2D eigenvalue weighted by Crippen LogP contribution is -2.32. The smallest absolute Gasteiger partial charge is 0.0100 e. The van der Waals surface area contributed by atoms with Crippen molar-refractivity contribution < 1.29 is 0 Å². The lowest BCUT2D eigenvalue weighted by atomic mass is 10.00. The van der Waals surface area contributed by atoms with Gasteiger partial charge in [-0.25, -0.2) is 0 Å². The molecule has 11 heavy (non-hydrogen) atoms. The van der Waals surface area contributed by atoms with E-state index in [1.807, 2.05) is 11.3 Å². The Morgan fingerprint density at radius 3 is 2.73 bits per heavy atom. The Morgan fingerprint density at radius 1 is 1.55 bits per heavy atom. The first-order valence-corrected chi connectivity index (χ1v) is 4.77. The van der Waals surface area contributed by atoms with E-state index in [0.29, 0.717) is 0 Å². The van der Waals surface area contributed by atoms with E-state index in [2.05, 4.69) is 31.4 Å². The fourth-order valence-electron chi connectivity index (χ4n) is 0.900. The number of thiophene rings is 1. The van der Waals surface area contributed by atoms with Gasteiger partial charge in [-0.05, 0) is 38.1 Å². The molecule has 0 atom stereocenters. The first kappa shape index (κ1) is 8.75. The molecule has 0 saturated carbocycles. The number of nitrogens with two attached hydrogens (primary N) is 1. The van der Waals surface area contributed by atoms with Crippen molar-refractivity contribution in [3.05, 3.63) is 22.4 Å². The van der Waals surface area contributed by atoms with Crippen molar-refractivity contribution in [3.63, 3.8) is 0 Å². The van der Waals surface area contributed by atoms with E-state index >= 15 is 0 Å². The second kappa shape index (κ2) is 3.37. The standard InChI is InChI=1S/C9H15NS/c1-9(2,10)6-5-8-4-3-7-11-8/h3-4,7H,5-6,10H2,1-2H3. The van der Waals surface area contributed by atoms with Crippen molar-refractivity contribution in [2.45, 2.75) is 32.2 Å². The zero-order valence-corrected chi connectivity index (χ0v) is 7.95. The third-order valence-corrected chi connectivity index (χ3v) is 2.53. The van der Waals surface area contributed by atoms with Crippen LogP contribution in [0.3, 0.4) is 0 Å². The number of aryl methyl sites for hydroxylation is 1. The summed E-state index contributed by atoms with van der Waals surface area (Å²) in [5, 5.41) is 2.11. The molecule has 1 aromatic rings. The van der Waals surface area contributed by atoms with Gasteiger partial charge in [0.1, 0.15) is 0 Å². The first-order valence-electron chi connectivity index (χ1n) is 3.89. The van der Waals surface area contributed by atoms with E-state index in [-0.39, 0.29) is 5.54 Å². The van der Waals surface area contributed by atoms with E-state index in [4.69, 9.17) is 5.73 Å². The van der Waals surface area contributed by atoms with Crippen LogP contribution in [0.4, 0.5) is 0 Å². The topological polar surface area (TPSA) is 26.0 Å². The van der Waals surface area contributed by atoms with Crippen LogP contribution in [0.15, 0.2) is 17.5 Å². The Bertz CT molecular complexity index is 196. The molecule has 1 nitrogen and oxygen atoms in total. The number of rotatable bonds is 3. The van der Waals surface area contributed by atoms with Gasteiger partial charge in [0.25, 0.3) is 0 Å². The molecule has 1 aromatic heterocycles. The third kappa shape index (κ3) is 3.54. The average Bonchev–Trinajstić information content (AvgIpc) is 2.32. The molecule has 0 aromatic carbocycles. The lowest BCUT2D eigenvalue weighted by molar-refractivity contribution is 0.478. The van der Waals surface area contributed by atoms with E-state index < -0.39 is 0 Å². The summed E-state index contributed by atoms with van der Waals surface area (Å²) in [4.78, 5) is 1.43. The Kier molecular flexibility index (Phi) is 2.68. The molecule has 0 fully saturated rings. The van der Waals surface area contributed by atoms with Crippen LogP contribution in [0.1, 0.15) is 25.1 Å². The van der Waals surface area contributed by atoms with Gasteiger partial charge in [-0.3, -0.25) is 0 Å². The highest BCUT2D eigenvalue weighted by molar-refractivity contribution is 7.09. The van der Waals surface area contributed by atoms with Crippen molar-refractivity contribution >= 4 is 11.3 Å². The molecule has 0 saturated heterocycles. The van der Waals surface area contributed by atoms with Gasteiger partial charge in [-0.15, -0.1) is 11.3 Å². The number of hydrogen-bond acceptors (Lipinski definition) is 2. The van der Waals surface area contributed by atoms with E-state index in [9.17, 15) is 0 Å². The predicted molar refractivity (Wildman–Crippen MR) is 50.9 cm³/mol. The highest BCUT2D eigenvalue weighted by Crippen LogP contribution is 2.14. The zero-order valence-electron chi connectivity index (χ0n) is 7.13. The first-order chi connectivity index (χ1) is 5.08. The van der Waals surface area contributed by atoms with Gasteiger partial charge in [0.05, 0.1) is 0 Å². The Labute approximate surface area is 72.2 Å². The summed E-state index contributed by atoms with van der Waals surface area (Å²) in [6.45, 7) is 4.14. The van der Waals surface area contributed by atoms with Crippen LogP contribution in [-0.4, -0.2) is 5.54 Å². The molecule has 2 heteroatoms. The maximum Gasteiger partial charge on any atom is 0.0100 e. The summed E-state index contributed by atoms with van der Waals surface area (Å²) in [5.41, 5.74) is 5.83. The molecule has 1 rings (SSSR count). The minimum Gasteiger partial charge on any atom is -0.326 e. The monoisotopic (exact) mass is 169 g/mol. The Morgan fingerprint density at radius 2 is 2.27 bits per heavy atom. The van der Waals surface area contributed by atoms with Crippen LogP contribution >= 0.6 is 11.3 Å². The molecule has 0 unspecified atom stereocenters. The van der Waals surface area contributed by atoms with Gasteiger partial charge in [0.15, 0.2) is 0 Å². The van der Waals surface area contributed by atoms with Crippen molar-refractivity contribution in [1.82, 2.24) is 0 Å². The molecule has 2 N–H and O–H groups in total. The van der Waals surface area contributed by atoms with Gasteiger partial charge in [0, 0.05) is 10.4 Å². The van der Waals surface area contributed by atoms with Crippen molar-refractivity contribution in [2.75, 3.05) is 0 Å². The van der Waals surface area contributed by atoms with Gasteiger partial charge in [0.2, 0.25) is 0 Å².